The van der Waals surface area contributed by atoms with Gasteiger partial charge in [0.15, 0.2) is 0 Å². The lowest BCUT2D eigenvalue weighted by Crippen LogP contribution is -2.47. The van der Waals surface area contributed by atoms with E-state index in [1.165, 1.54) is 116 Å². The Morgan fingerprint density at radius 2 is 0.848 bits per heavy atom. The van der Waals surface area contributed by atoms with Gasteiger partial charge < -0.3 is 28.5 Å². The molecule has 0 saturated heterocycles. The van der Waals surface area contributed by atoms with Crippen molar-refractivity contribution in [1.29, 1.82) is 0 Å². The lowest BCUT2D eigenvalue weighted by molar-refractivity contribution is -0.870. The zero-order valence-corrected chi connectivity index (χ0v) is 52.9. The summed E-state index contributed by atoms with van der Waals surface area (Å²) in [6.45, 7) is 6.69. The van der Waals surface area contributed by atoms with E-state index < -0.39 is 26.6 Å². The van der Waals surface area contributed by atoms with Crippen molar-refractivity contribution in [1.82, 2.24) is 5.32 Å². The first-order valence-electron chi connectivity index (χ1n) is 32.6. The molecule has 0 aromatic rings. The molecule has 0 spiro atoms. The molecule has 9 nitrogen and oxygen atoms in total. The zero-order valence-electron chi connectivity index (χ0n) is 52.1. The number of phosphoric acid groups is 1. The lowest BCUT2D eigenvalue weighted by atomic mass is 10.0. The van der Waals surface area contributed by atoms with Crippen LogP contribution < -0.4 is 10.2 Å². The van der Waals surface area contributed by atoms with Crippen molar-refractivity contribution in [2.45, 2.75) is 290 Å². The SMILES string of the molecule is CC/C=C\C/C=C\C/C=C\C/C=C\C/C=C\CCCCCCCCCCCCCC(=O)NC(COP(=O)([O-])OCC[N+](C)(C)C)C(/C=C\CCCCCCCCCCC)OC(=O)CCCCCCCC/C=C/C=C/CCCCC. The van der Waals surface area contributed by atoms with Crippen LogP contribution in [0.5, 0.6) is 0 Å². The van der Waals surface area contributed by atoms with Crippen LogP contribution in [-0.4, -0.2) is 69.4 Å². The molecule has 456 valence electrons. The Kier molecular flexibility index (Phi) is 55.9. The van der Waals surface area contributed by atoms with Gasteiger partial charge in [0, 0.05) is 12.8 Å². The summed E-state index contributed by atoms with van der Waals surface area (Å²) in [7, 11) is 1.17. The number of amides is 1. The Morgan fingerprint density at radius 3 is 1.32 bits per heavy atom. The highest BCUT2D eigenvalue weighted by Gasteiger charge is 2.27. The molecule has 0 aliphatic carbocycles. The largest absolute Gasteiger partial charge is 0.756 e. The van der Waals surface area contributed by atoms with Gasteiger partial charge in [-0.25, -0.2) is 0 Å². The third-order valence-corrected chi connectivity index (χ3v) is 15.0. The molecule has 3 atom stereocenters. The standard InChI is InChI=1S/C69H123N2O7P/c1-7-10-13-16-19-22-25-27-29-30-31-32-33-34-35-36-37-38-39-40-42-43-46-49-52-55-58-61-68(72)70-66(65-77-79(74,75)76-64-63-71(4,5)6)67(60-57-54-51-48-45-24-21-18-15-12-9-3)78-69(73)62-59-56-53-50-47-44-41-28-26-23-20-17-14-11-8-2/h10,13,19-20,22-23,26-29,31-32,34-35,57,60,66-67H,7-9,11-12,14-18,21,24-25,30,33,36-56,58-59,61-65H2,1-6H3,(H-,70,72,74,75)/b13-10-,22-19-,23-20+,28-26+,29-27-,32-31-,35-34-,60-57-. The molecule has 0 aliphatic rings. The van der Waals surface area contributed by atoms with E-state index in [2.05, 4.69) is 111 Å². The Hall–Kier alpha value is -3.07. The van der Waals surface area contributed by atoms with Crippen molar-refractivity contribution >= 4 is 19.7 Å². The van der Waals surface area contributed by atoms with E-state index in [9.17, 15) is 19.0 Å². The second-order valence-corrected chi connectivity index (χ2v) is 24.3. The van der Waals surface area contributed by atoms with Crippen LogP contribution in [0.2, 0.25) is 0 Å². The fourth-order valence-electron chi connectivity index (χ4n) is 9.01. The highest BCUT2D eigenvalue weighted by molar-refractivity contribution is 7.45. The minimum Gasteiger partial charge on any atom is -0.756 e. The Balaban J connectivity index is 5.07. The van der Waals surface area contributed by atoms with Gasteiger partial charge in [-0.15, -0.1) is 0 Å². The number of esters is 1. The number of nitrogens with zero attached hydrogens (tertiary/aromatic N) is 1. The van der Waals surface area contributed by atoms with Crippen molar-refractivity contribution in [3.8, 4) is 0 Å². The van der Waals surface area contributed by atoms with E-state index in [0.717, 1.165) is 122 Å². The maximum Gasteiger partial charge on any atom is 0.306 e. The summed E-state index contributed by atoms with van der Waals surface area (Å²) < 4.78 is 30.3. The predicted octanol–water partition coefficient (Wildman–Crippen LogP) is 19.7. The molecule has 0 saturated carbocycles. The summed E-state index contributed by atoms with van der Waals surface area (Å²) >= 11 is 0. The van der Waals surface area contributed by atoms with Gasteiger partial charge in [0.25, 0.3) is 7.82 Å². The van der Waals surface area contributed by atoms with Gasteiger partial charge in [0.1, 0.15) is 19.3 Å². The van der Waals surface area contributed by atoms with E-state index in [0.29, 0.717) is 23.9 Å². The lowest BCUT2D eigenvalue weighted by Gasteiger charge is -2.30. The van der Waals surface area contributed by atoms with E-state index in [1.54, 1.807) is 0 Å². The highest BCUT2D eigenvalue weighted by Crippen LogP contribution is 2.38. The molecule has 1 N–H and O–H groups in total. The van der Waals surface area contributed by atoms with Gasteiger partial charge in [-0.05, 0) is 102 Å². The van der Waals surface area contributed by atoms with Crippen LogP contribution in [0.4, 0.5) is 0 Å². The van der Waals surface area contributed by atoms with Crippen LogP contribution >= 0.6 is 7.82 Å². The summed E-state index contributed by atoms with van der Waals surface area (Å²) in [4.78, 5) is 40.0. The maximum atomic E-state index is 13.6. The van der Waals surface area contributed by atoms with Gasteiger partial charge in [0.05, 0.1) is 33.8 Å². The van der Waals surface area contributed by atoms with Gasteiger partial charge in [-0.3, -0.25) is 14.2 Å². The highest BCUT2D eigenvalue weighted by atomic mass is 31.2. The second kappa shape index (κ2) is 58.1. The number of ether oxygens (including phenoxy) is 1. The third kappa shape index (κ3) is 59.4. The number of nitrogens with one attached hydrogen (secondary N) is 1. The van der Waals surface area contributed by atoms with Crippen LogP contribution in [0, 0.1) is 0 Å². The first-order valence-corrected chi connectivity index (χ1v) is 34.0. The number of hydrogen-bond acceptors (Lipinski definition) is 7. The van der Waals surface area contributed by atoms with E-state index in [4.69, 9.17) is 13.8 Å². The Labute approximate surface area is 488 Å². The Bertz CT molecular complexity index is 1670. The molecule has 0 rings (SSSR count). The number of carbonyl (C=O) groups excluding carboxylic acids is 2. The molecule has 0 aromatic carbocycles. The maximum absolute atomic E-state index is 13.6. The van der Waals surface area contributed by atoms with E-state index in [-0.39, 0.29) is 24.9 Å². The van der Waals surface area contributed by atoms with Crippen molar-refractivity contribution in [2.75, 3.05) is 40.9 Å². The average molecular weight is 1120 g/mol. The summed E-state index contributed by atoms with van der Waals surface area (Å²) in [5, 5.41) is 3.03. The summed E-state index contributed by atoms with van der Waals surface area (Å²) in [6, 6.07) is -0.899. The van der Waals surface area contributed by atoms with E-state index >= 15 is 0 Å². The molecule has 79 heavy (non-hydrogen) atoms. The average Bonchev–Trinajstić information content (AvgIpc) is 3.41. The fourth-order valence-corrected chi connectivity index (χ4v) is 9.73. The van der Waals surface area contributed by atoms with Crippen molar-refractivity contribution in [3.05, 3.63) is 97.2 Å². The topological polar surface area (TPSA) is 114 Å². The monoisotopic (exact) mass is 1120 g/mol. The summed E-state index contributed by atoms with van der Waals surface area (Å²) in [5.74, 6) is -0.559. The fraction of sp³-hybridized carbons (Fsp3) is 0.739. The third-order valence-electron chi connectivity index (χ3n) is 14.0. The number of rotatable bonds is 58. The van der Waals surface area contributed by atoms with Gasteiger partial charge in [-0.1, -0.05) is 260 Å². The number of phosphoric ester groups is 1. The van der Waals surface area contributed by atoms with Crippen LogP contribution in [0.15, 0.2) is 97.2 Å². The van der Waals surface area contributed by atoms with Gasteiger partial charge in [0.2, 0.25) is 5.91 Å². The number of quaternary nitrogens is 1. The van der Waals surface area contributed by atoms with Gasteiger partial charge in [-0.2, -0.15) is 0 Å². The van der Waals surface area contributed by atoms with Gasteiger partial charge >= 0.3 is 5.97 Å². The molecule has 0 radical (unpaired) electrons. The second-order valence-electron chi connectivity index (χ2n) is 22.9. The number of allylic oxidation sites excluding steroid dienone is 15. The molecule has 1 amide bonds. The van der Waals surface area contributed by atoms with Crippen LogP contribution in [0.3, 0.4) is 0 Å². The molecule has 0 aliphatic heterocycles. The van der Waals surface area contributed by atoms with E-state index in [1.807, 2.05) is 33.3 Å². The normalized spacial score (nSPS) is 14.3. The summed E-state index contributed by atoms with van der Waals surface area (Å²) in [6.07, 6.45) is 78.1. The number of carbonyl (C=O) groups is 2. The molecular formula is C69H123N2O7P. The summed E-state index contributed by atoms with van der Waals surface area (Å²) in [5.41, 5.74) is 0. The van der Waals surface area contributed by atoms with Crippen molar-refractivity contribution < 1.29 is 37.3 Å². The van der Waals surface area contributed by atoms with Crippen molar-refractivity contribution in [2.24, 2.45) is 0 Å². The molecule has 3 unspecified atom stereocenters. The molecule has 0 heterocycles. The number of hydrogen-bond donors (Lipinski definition) is 1. The number of likely N-dealkylation sites (N-methyl/N-ethyl adjacent to an activating group) is 1. The minimum atomic E-state index is -4.71. The molecule has 0 fully saturated rings. The van der Waals surface area contributed by atoms with Crippen LogP contribution in [0.25, 0.3) is 0 Å². The molecule has 0 bridgehead atoms. The van der Waals surface area contributed by atoms with Crippen LogP contribution in [-0.2, 0) is 27.9 Å². The smallest absolute Gasteiger partial charge is 0.306 e. The quantitative estimate of drug-likeness (QED) is 0.0161. The number of unbranched alkanes of at least 4 members (excludes halogenated alkanes) is 29. The first-order chi connectivity index (χ1) is 38.4. The first kappa shape index (κ1) is 75.9. The molecular weight excluding hydrogens is 1000 g/mol. The minimum absolute atomic E-state index is 0.0285. The zero-order chi connectivity index (χ0) is 57.9. The Morgan fingerprint density at radius 1 is 0.468 bits per heavy atom. The molecule has 0 aromatic heterocycles. The predicted molar refractivity (Wildman–Crippen MR) is 339 cm³/mol. The van der Waals surface area contributed by atoms with Crippen LogP contribution in [0.1, 0.15) is 278 Å². The van der Waals surface area contributed by atoms with Crippen molar-refractivity contribution in [3.63, 3.8) is 0 Å². The molecule has 10 heteroatoms.